The predicted molar refractivity (Wildman–Crippen MR) is 91.9 cm³/mol. The van der Waals surface area contributed by atoms with Crippen molar-refractivity contribution in [3.63, 3.8) is 0 Å². The number of sulfonamides is 1. The minimum absolute atomic E-state index is 0.109. The second kappa shape index (κ2) is 8.52. The molecule has 2 aromatic rings. The monoisotopic (exact) mass is 401 g/mol. The van der Waals surface area contributed by atoms with Crippen molar-refractivity contribution in [2.75, 3.05) is 6.61 Å². The van der Waals surface area contributed by atoms with Gasteiger partial charge in [-0.25, -0.2) is 13.1 Å². The number of furan rings is 1. The van der Waals surface area contributed by atoms with Gasteiger partial charge in [0.25, 0.3) is 0 Å². The highest BCUT2D eigenvalue weighted by Crippen LogP contribution is 2.28. The van der Waals surface area contributed by atoms with Crippen molar-refractivity contribution in [1.29, 1.82) is 0 Å². The lowest BCUT2D eigenvalue weighted by molar-refractivity contribution is 0.303. The number of benzene rings is 1. The molecule has 0 atom stereocenters. The van der Waals surface area contributed by atoms with Crippen LogP contribution in [0.4, 0.5) is 0 Å². The molecule has 1 heterocycles. The molecule has 0 saturated carbocycles. The SMILES string of the molecule is CCCCCOc1cc(S(=O)(=O)NCc2ccco2)ccc1Br. The van der Waals surface area contributed by atoms with Gasteiger partial charge in [-0.05, 0) is 46.6 Å². The maximum absolute atomic E-state index is 12.3. The lowest BCUT2D eigenvalue weighted by Crippen LogP contribution is -2.23. The Morgan fingerprint density at radius 3 is 2.78 bits per heavy atom. The zero-order valence-electron chi connectivity index (χ0n) is 12.9. The Labute approximate surface area is 145 Å². The second-order valence-electron chi connectivity index (χ2n) is 5.05. The fraction of sp³-hybridized carbons (Fsp3) is 0.375. The van der Waals surface area contributed by atoms with Crippen molar-refractivity contribution >= 4 is 26.0 Å². The van der Waals surface area contributed by atoms with Crippen LogP contribution in [0.15, 0.2) is 50.4 Å². The summed E-state index contributed by atoms with van der Waals surface area (Å²) in [5.41, 5.74) is 0. The van der Waals surface area contributed by atoms with Gasteiger partial charge in [0.05, 0.1) is 28.8 Å². The van der Waals surface area contributed by atoms with Crippen LogP contribution in [0.3, 0.4) is 0 Å². The molecule has 0 bridgehead atoms. The van der Waals surface area contributed by atoms with Crippen LogP contribution in [0.5, 0.6) is 5.75 Å². The van der Waals surface area contributed by atoms with Crippen LogP contribution >= 0.6 is 15.9 Å². The quantitative estimate of drug-likeness (QED) is 0.642. The van der Waals surface area contributed by atoms with Gasteiger partial charge in [-0.15, -0.1) is 0 Å². The lowest BCUT2D eigenvalue weighted by atomic mass is 10.3. The van der Waals surface area contributed by atoms with Gasteiger partial charge < -0.3 is 9.15 Å². The van der Waals surface area contributed by atoms with E-state index in [0.717, 1.165) is 23.7 Å². The topological polar surface area (TPSA) is 68.5 Å². The summed E-state index contributed by atoms with van der Waals surface area (Å²) in [5, 5.41) is 0. The summed E-state index contributed by atoms with van der Waals surface area (Å²) in [6.07, 6.45) is 4.64. The molecule has 0 aliphatic heterocycles. The van der Waals surface area contributed by atoms with Crippen molar-refractivity contribution in [2.24, 2.45) is 0 Å². The number of nitrogens with one attached hydrogen (secondary N) is 1. The van der Waals surface area contributed by atoms with Gasteiger partial charge in [-0.1, -0.05) is 19.8 Å². The number of hydrogen-bond acceptors (Lipinski definition) is 4. The van der Waals surface area contributed by atoms with E-state index in [1.54, 1.807) is 18.2 Å². The van der Waals surface area contributed by atoms with E-state index < -0.39 is 10.0 Å². The fourth-order valence-corrected chi connectivity index (χ4v) is 3.33. The van der Waals surface area contributed by atoms with Crippen LogP contribution in [0, 0.1) is 0 Å². The Hall–Kier alpha value is -1.31. The van der Waals surface area contributed by atoms with Gasteiger partial charge in [0.15, 0.2) is 0 Å². The molecule has 0 radical (unpaired) electrons. The first-order chi connectivity index (χ1) is 11.0. The zero-order chi connectivity index (χ0) is 16.7. The Kier molecular flexibility index (Phi) is 6.68. The number of halogens is 1. The highest BCUT2D eigenvalue weighted by molar-refractivity contribution is 9.10. The third-order valence-electron chi connectivity index (χ3n) is 3.23. The Bertz CT molecular complexity index is 714. The molecule has 0 unspecified atom stereocenters. The Morgan fingerprint density at radius 1 is 1.26 bits per heavy atom. The fourth-order valence-electron chi connectivity index (χ4n) is 1.96. The summed E-state index contributed by atoms with van der Waals surface area (Å²) in [4.78, 5) is 0.165. The molecule has 126 valence electrons. The second-order valence-corrected chi connectivity index (χ2v) is 7.67. The molecule has 5 nitrogen and oxygen atoms in total. The van der Waals surface area contributed by atoms with E-state index >= 15 is 0 Å². The minimum Gasteiger partial charge on any atom is -0.492 e. The Balaban J connectivity index is 2.05. The van der Waals surface area contributed by atoms with Crippen LogP contribution in [-0.2, 0) is 16.6 Å². The van der Waals surface area contributed by atoms with Crippen molar-refractivity contribution in [3.05, 3.63) is 46.8 Å². The van der Waals surface area contributed by atoms with Crippen LogP contribution in [0.2, 0.25) is 0 Å². The Morgan fingerprint density at radius 2 is 2.09 bits per heavy atom. The first-order valence-electron chi connectivity index (χ1n) is 7.47. The van der Waals surface area contributed by atoms with Crippen molar-refractivity contribution in [3.8, 4) is 5.75 Å². The average molecular weight is 402 g/mol. The largest absolute Gasteiger partial charge is 0.492 e. The number of hydrogen-bond donors (Lipinski definition) is 1. The van der Waals surface area contributed by atoms with Crippen LogP contribution < -0.4 is 9.46 Å². The smallest absolute Gasteiger partial charge is 0.241 e. The molecule has 0 spiro atoms. The molecule has 1 N–H and O–H groups in total. The van der Waals surface area contributed by atoms with E-state index in [1.165, 1.54) is 18.4 Å². The number of rotatable bonds is 9. The van der Waals surface area contributed by atoms with Crippen LogP contribution in [0.1, 0.15) is 31.9 Å². The van der Waals surface area contributed by atoms with Crippen LogP contribution in [0.25, 0.3) is 0 Å². The third kappa shape index (κ3) is 5.37. The molecule has 7 heteroatoms. The van der Waals surface area contributed by atoms with Gasteiger partial charge in [0.1, 0.15) is 11.5 Å². The highest BCUT2D eigenvalue weighted by atomic mass is 79.9. The molecular weight excluding hydrogens is 382 g/mol. The molecule has 2 rings (SSSR count). The van der Waals surface area contributed by atoms with Gasteiger partial charge in [-0.2, -0.15) is 0 Å². The third-order valence-corrected chi connectivity index (χ3v) is 5.29. The summed E-state index contributed by atoms with van der Waals surface area (Å²) in [6.45, 7) is 2.79. The standard InChI is InChI=1S/C16H20BrNO4S/c1-2-3-4-9-22-16-11-14(7-8-15(16)17)23(19,20)18-12-13-6-5-10-21-13/h5-8,10-11,18H,2-4,9,12H2,1H3. The van der Waals surface area contributed by atoms with E-state index in [2.05, 4.69) is 27.6 Å². The zero-order valence-corrected chi connectivity index (χ0v) is 15.3. The maximum atomic E-state index is 12.3. The van der Waals surface area contributed by atoms with Crippen molar-refractivity contribution in [1.82, 2.24) is 4.72 Å². The first-order valence-corrected chi connectivity index (χ1v) is 9.75. The molecule has 23 heavy (non-hydrogen) atoms. The van der Waals surface area contributed by atoms with Gasteiger partial charge >= 0.3 is 0 Å². The molecular formula is C16H20BrNO4S. The van der Waals surface area contributed by atoms with Crippen molar-refractivity contribution < 1.29 is 17.6 Å². The van der Waals surface area contributed by atoms with Gasteiger partial charge in [-0.3, -0.25) is 0 Å². The lowest BCUT2D eigenvalue weighted by Gasteiger charge is -2.11. The summed E-state index contributed by atoms with van der Waals surface area (Å²) in [5.74, 6) is 1.09. The summed E-state index contributed by atoms with van der Waals surface area (Å²) >= 11 is 3.38. The normalized spacial score (nSPS) is 11.6. The summed E-state index contributed by atoms with van der Waals surface area (Å²) in [7, 11) is -3.62. The highest BCUT2D eigenvalue weighted by Gasteiger charge is 2.16. The predicted octanol–water partition coefficient (Wildman–Crippen LogP) is 4.09. The molecule has 0 amide bonds. The van der Waals surface area contributed by atoms with E-state index in [9.17, 15) is 8.42 Å². The molecule has 0 saturated heterocycles. The van der Waals surface area contributed by atoms with Gasteiger partial charge in [0.2, 0.25) is 10.0 Å². The number of ether oxygens (including phenoxy) is 1. The van der Waals surface area contributed by atoms with E-state index in [1.807, 2.05) is 0 Å². The molecule has 0 aliphatic carbocycles. The first kappa shape index (κ1) is 18.0. The number of unbranched alkanes of at least 4 members (excludes halogenated alkanes) is 2. The van der Waals surface area contributed by atoms with Crippen molar-refractivity contribution in [2.45, 2.75) is 37.6 Å². The van der Waals surface area contributed by atoms with E-state index in [0.29, 0.717) is 18.1 Å². The van der Waals surface area contributed by atoms with E-state index in [4.69, 9.17) is 9.15 Å². The van der Waals surface area contributed by atoms with E-state index in [-0.39, 0.29) is 11.4 Å². The maximum Gasteiger partial charge on any atom is 0.241 e. The molecule has 0 fully saturated rings. The summed E-state index contributed by atoms with van der Waals surface area (Å²) < 4.78 is 38.7. The summed E-state index contributed by atoms with van der Waals surface area (Å²) in [6, 6.07) is 8.17. The molecule has 1 aromatic carbocycles. The van der Waals surface area contributed by atoms with Crippen LogP contribution in [-0.4, -0.2) is 15.0 Å². The minimum atomic E-state index is -3.62. The molecule has 1 aromatic heterocycles. The van der Waals surface area contributed by atoms with Gasteiger partial charge in [0, 0.05) is 6.07 Å². The average Bonchev–Trinajstić information content (AvgIpc) is 3.04. The molecule has 0 aliphatic rings.